The molecule has 2 atom stereocenters. The molecule has 1 saturated heterocycles. The highest BCUT2D eigenvalue weighted by molar-refractivity contribution is 6.31. The van der Waals surface area contributed by atoms with E-state index in [9.17, 15) is 9.18 Å². The van der Waals surface area contributed by atoms with Crippen molar-refractivity contribution in [2.45, 2.75) is 18.6 Å². The monoisotopic (exact) mass is 322 g/mol. The zero-order valence-electron chi connectivity index (χ0n) is 11.0. The fourth-order valence-corrected chi connectivity index (χ4v) is 2.38. The third-order valence-electron chi connectivity index (χ3n) is 3.17. The van der Waals surface area contributed by atoms with E-state index in [0.29, 0.717) is 12.1 Å². The summed E-state index contributed by atoms with van der Waals surface area (Å²) in [7, 11) is 1.62. The molecule has 0 aliphatic carbocycles. The largest absolute Gasteiger partial charge is 0.378 e. The average molecular weight is 323 g/mol. The van der Waals surface area contributed by atoms with Crippen LogP contribution in [0.3, 0.4) is 0 Å². The zero-order chi connectivity index (χ0) is 13.8. The van der Waals surface area contributed by atoms with E-state index in [1.165, 1.54) is 18.2 Å². The summed E-state index contributed by atoms with van der Waals surface area (Å²) in [5.41, 5.74) is 0.612. The minimum Gasteiger partial charge on any atom is -0.378 e. The van der Waals surface area contributed by atoms with E-state index in [1.807, 2.05) is 0 Å². The number of halogens is 3. The molecule has 112 valence electrons. The molecule has 0 radical (unpaired) electrons. The van der Waals surface area contributed by atoms with Gasteiger partial charge in [0.2, 0.25) is 5.91 Å². The average Bonchev–Trinajstić information content (AvgIpc) is 2.80. The van der Waals surface area contributed by atoms with Crippen molar-refractivity contribution in [1.82, 2.24) is 10.6 Å². The smallest absolute Gasteiger partial charge is 0.224 e. The quantitative estimate of drug-likeness (QED) is 0.884. The first-order valence-corrected chi connectivity index (χ1v) is 6.44. The molecule has 2 unspecified atom stereocenters. The van der Waals surface area contributed by atoms with Gasteiger partial charge in [0.05, 0.1) is 18.6 Å². The molecule has 0 saturated carbocycles. The first kappa shape index (κ1) is 17.2. The van der Waals surface area contributed by atoms with E-state index in [1.54, 1.807) is 7.11 Å². The summed E-state index contributed by atoms with van der Waals surface area (Å²) in [6, 6.07) is 3.98. The Morgan fingerprint density at radius 2 is 2.30 bits per heavy atom. The fourth-order valence-electron chi connectivity index (χ4n) is 2.14. The molecule has 20 heavy (non-hydrogen) atoms. The van der Waals surface area contributed by atoms with E-state index in [-0.39, 0.29) is 41.9 Å². The summed E-state index contributed by atoms with van der Waals surface area (Å²) in [5.74, 6) is -0.558. The molecular formula is C13H17Cl2FN2O2. The number of amides is 1. The van der Waals surface area contributed by atoms with Crippen LogP contribution < -0.4 is 10.6 Å². The molecule has 1 heterocycles. The molecule has 0 spiro atoms. The van der Waals surface area contributed by atoms with Gasteiger partial charge in [0.1, 0.15) is 5.82 Å². The van der Waals surface area contributed by atoms with Gasteiger partial charge in [0.25, 0.3) is 0 Å². The Morgan fingerprint density at radius 1 is 1.55 bits per heavy atom. The normalized spacial score (nSPS) is 21.4. The second-order valence-electron chi connectivity index (χ2n) is 4.52. The summed E-state index contributed by atoms with van der Waals surface area (Å²) in [5, 5.41) is 6.30. The predicted molar refractivity (Wildman–Crippen MR) is 78.0 cm³/mol. The molecule has 1 aromatic rings. The van der Waals surface area contributed by atoms with E-state index in [0.717, 1.165) is 6.54 Å². The number of benzene rings is 1. The molecule has 0 bridgehead atoms. The van der Waals surface area contributed by atoms with Crippen LogP contribution >= 0.6 is 24.0 Å². The molecule has 7 heteroatoms. The zero-order valence-corrected chi connectivity index (χ0v) is 12.6. The number of ether oxygens (including phenoxy) is 1. The van der Waals surface area contributed by atoms with Crippen molar-refractivity contribution in [3.05, 3.63) is 34.6 Å². The van der Waals surface area contributed by atoms with Crippen LogP contribution in [0.25, 0.3) is 0 Å². The number of hydrogen-bond donors (Lipinski definition) is 2. The molecular weight excluding hydrogens is 306 g/mol. The van der Waals surface area contributed by atoms with Crippen molar-refractivity contribution in [2.24, 2.45) is 0 Å². The maximum Gasteiger partial charge on any atom is 0.224 e. The fraction of sp³-hybridized carbons (Fsp3) is 0.462. The molecule has 1 aromatic carbocycles. The number of hydrogen-bond acceptors (Lipinski definition) is 3. The Labute approximate surface area is 128 Å². The molecule has 1 aliphatic heterocycles. The molecule has 1 fully saturated rings. The van der Waals surface area contributed by atoms with Crippen molar-refractivity contribution in [2.75, 3.05) is 20.2 Å². The summed E-state index contributed by atoms with van der Waals surface area (Å²) in [4.78, 5) is 11.9. The lowest BCUT2D eigenvalue weighted by atomic mass is 10.1. The molecule has 1 amide bonds. The lowest BCUT2D eigenvalue weighted by Crippen LogP contribution is -2.44. The Morgan fingerprint density at radius 3 is 2.95 bits per heavy atom. The molecule has 1 aliphatic rings. The van der Waals surface area contributed by atoms with Crippen LogP contribution in [-0.2, 0) is 16.0 Å². The van der Waals surface area contributed by atoms with Gasteiger partial charge in [0, 0.05) is 25.2 Å². The second-order valence-corrected chi connectivity index (χ2v) is 4.93. The third kappa shape index (κ3) is 4.31. The number of carbonyl (C=O) groups excluding carboxylic acids is 1. The van der Waals surface area contributed by atoms with E-state index < -0.39 is 5.82 Å². The van der Waals surface area contributed by atoms with Crippen molar-refractivity contribution >= 4 is 29.9 Å². The highest BCUT2D eigenvalue weighted by Crippen LogP contribution is 2.17. The SMILES string of the molecule is COC1CNCC1NC(=O)Cc1ccc(F)cc1Cl.Cl. The van der Waals surface area contributed by atoms with E-state index in [2.05, 4.69) is 10.6 Å². The van der Waals surface area contributed by atoms with Gasteiger partial charge >= 0.3 is 0 Å². The molecule has 4 nitrogen and oxygen atoms in total. The number of rotatable bonds is 4. The van der Waals surface area contributed by atoms with Crippen molar-refractivity contribution < 1.29 is 13.9 Å². The van der Waals surface area contributed by atoms with Crippen LogP contribution in [0.2, 0.25) is 5.02 Å². The highest BCUT2D eigenvalue weighted by Gasteiger charge is 2.28. The summed E-state index contributed by atoms with van der Waals surface area (Å²) in [6.07, 6.45) is 0.110. The highest BCUT2D eigenvalue weighted by atomic mass is 35.5. The number of nitrogens with one attached hydrogen (secondary N) is 2. The Bertz CT molecular complexity index is 474. The Balaban J connectivity index is 0.00000200. The van der Waals surface area contributed by atoms with Gasteiger partial charge in [-0.25, -0.2) is 4.39 Å². The number of methoxy groups -OCH3 is 1. The van der Waals surface area contributed by atoms with Crippen LogP contribution in [0, 0.1) is 5.82 Å². The topological polar surface area (TPSA) is 50.4 Å². The third-order valence-corrected chi connectivity index (χ3v) is 3.53. The van der Waals surface area contributed by atoms with Gasteiger partial charge in [-0.15, -0.1) is 12.4 Å². The number of carbonyl (C=O) groups is 1. The van der Waals surface area contributed by atoms with Gasteiger partial charge < -0.3 is 15.4 Å². The Hall–Kier alpha value is -0.880. The van der Waals surface area contributed by atoms with Crippen molar-refractivity contribution in [1.29, 1.82) is 0 Å². The van der Waals surface area contributed by atoms with Gasteiger partial charge in [-0.1, -0.05) is 17.7 Å². The summed E-state index contributed by atoms with van der Waals surface area (Å²) >= 11 is 5.89. The first-order valence-electron chi connectivity index (χ1n) is 6.07. The molecule has 2 rings (SSSR count). The van der Waals surface area contributed by atoms with Gasteiger partial charge in [0.15, 0.2) is 0 Å². The Kier molecular flexibility index (Phi) is 6.68. The maximum atomic E-state index is 12.9. The van der Waals surface area contributed by atoms with Gasteiger partial charge in [-0.3, -0.25) is 4.79 Å². The lowest BCUT2D eigenvalue weighted by molar-refractivity contribution is -0.121. The lowest BCUT2D eigenvalue weighted by Gasteiger charge is -2.18. The van der Waals surface area contributed by atoms with Gasteiger partial charge in [-0.05, 0) is 17.7 Å². The van der Waals surface area contributed by atoms with Crippen LogP contribution in [0.5, 0.6) is 0 Å². The second kappa shape index (κ2) is 7.78. The van der Waals surface area contributed by atoms with Crippen molar-refractivity contribution in [3.63, 3.8) is 0 Å². The van der Waals surface area contributed by atoms with Crippen LogP contribution in [0.4, 0.5) is 4.39 Å². The maximum absolute atomic E-state index is 12.9. The summed E-state index contributed by atoms with van der Waals surface area (Å²) in [6.45, 7) is 1.40. The van der Waals surface area contributed by atoms with E-state index in [4.69, 9.17) is 16.3 Å². The van der Waals surface area contributed by atoms with Gasteiger partial charge in [-0.2, -0.15) is 0 Å². The van der Waals surface area contributed by atoms with Crippen LogP contribution in [0.15, 0.2) is 18.2 Å². The van der Waals surface area contributed by atoms with E-state index >= 15 is 0 Å². The van der Waals surface area contributed by atoms with Crippen molar-refractivity contribution in [3.8, 4) is 0 Å². The standard InChI is InChI=1S/C13H16ClFN2O2.ClH/c1-19-12-7-16-6-11(12)17-13(18)4-8-2-3-9(15)5-10(8)14;/h2-3,5,11-12,16H,4,6-7H2,1H3,(H,17,18);1H. The minimum atomic E-state index is -0.409. The minimum absolute atomic E-state index is 0. The van der Waals surface area contributed by atoms with Crippen LogP contribution in [-0.4, -0.2) is 38.3 Å². The molecule has 0 aromatic heterocycles. The predicted octanol–water partition coefficient (Wildman–Crippen LogP) is 1.55. The first-order chi connectivity index (χ1) is 9.10. The van der Waals surface area contributed by atoms with Crippen LogP contribution in [0.1, 0.15) is 5.56 Å². The summed E-state index contributed by atoms with van der Waals surface area (Å²) < 4.78 is 18.2. The molecule has 2 N–H and O–H groups in total.